The Hall–Kier alpha value is -2.89. The standard InChI is InChI=1S/C18H20N2O4/c1-13-10-14(2)12-15(11-13)24-9-8-19(3)18(21)16-6-4-5-7-17(16)20(22)23/h4-7,10-12H,8-9H2,1-3H3. The first kappa shape index (κ1) is 17.5. The van der Waals surface area contributed by atoms with Crippen LogP contribution in [0, 0.1) is 24.0 Å². The number of rotatable bonds is 6. The Morgan fingerprint density at radius 3 is 2.42 bits per heavy atom. The van der Waals surface area contributed by atoms with E-state index in [9.17, 15) is 14.9 Å². The molecule has 2 rings (SSSR count). The van der Waals surface area contributed by atoms with Gasteiger partial charge in [0.05, 0.1) is 11.5 Å². The molecule has 0 N–H and O–H groups in total. The Morgan fingerprint density at radius 1 is 1.17 bits per heavy atom. The highest BCUT2D eigenvalue weighted by molar-refractivity contribution is 5.97. The second-order valence-electron chi connectivity index (χ2n) is 5.67. The van der Waals surface area contributed by atoms with Crippen LogP contribution in [0.3, 0.4) is 0 Å². The lowest BCUT2D eigenvalue weighted by molar-refractivity contribution is -0.385. The molecule has 126 valence electrons. The third-order valence-corrected chi connectivity index (χ3v) is 3.57. The third kappa shape index (κ3) is 4.32. The Labute approximate surface area is 140 Å². The van der Waals surface area contributed by atoms with Gasteiger partial charge in [0.25, 0.3) is 11.6 Å². The number of nitrogens with zero attached hydrogens (tertiary/aromatic N) is 2. The van der Waals surface area contributed by atoms with Crippen molar-refractivity contribution in [3.8, 4) is 5.75 Å². The lowest BCUT2D eigenvalue weighted by atomic mass is 10.1. The summed E-state index contributed by atoms with van der Waals surface area (Å²) in [5.41, 5.74) is 2.10. The summed E-state index contributed by atoms with van der Waals surface area (Å²) in [6.07, 6.45) is 0. The molecule has 0 saturated carbocycles. The van der Waals surface area contributed by atoms with E-state index in [4.69, 9.17) is 4.74 Å². The van der Waals surface area contributed by atoms with Crippen LogP contribution in [0.1, 0.15) is 21.5 Å². The highest BCUT2D eigenvalue weighted by Crippen LogP contribution is 2.19. The van der Waals surface area contributed by atoms with E-state index >= 15 is 0 Å². The lowest BCUT2D eigenvalue weighted by Crippen LogP contribution is -2.31. The summed E-state index contributed by atoms with van der Waals surface area (Å²) >= 11 is 0. The molecule has 0 bridgehead atoms. The van der Waals surface area contributed by atoms with Gasteiger partial charge < -0.3 is 9.64 Å². The molecule has 0 fully saturated rings. The molecule has 6 nitrogen and oxygen atoms in total. The van der Waals surface area contributed by atoms with E-state index in [1.165, 1.54) is 23.1 Å². The minimum absolute atomic E-state index is 0.0800. The molecular weight excluding hydrogens is 308 g/mol. The Morgan fingerprint density at radius 2 is 1.79 bits per heavy atom. The van der Waals surface area contributed by atoms with E-state index < -0.39 is 10.8 Å². The van der Waals surface area contributed by atoms with Gasteiger partial charge in [0.2, 0.25) is 0 Å². The first-order chi connectivity index (χ1) is 11.4. The Kier molecular flexibility index (Phi) is 5.52. The average Bonchev–Trinajstić information content (AvgIpc) is 2.53. The van der Waals surface area contributed by atoms with E-state index in [1.54, 1.807) is 13.1 Å². The molecule has 2 aromatic carbocycles. The summed E-state index contributed by atoms with van der Waals surface area (Å²) in [5.74, 6) is 0.352. The normalized spacial score (nSPS) is 10.3. The van der Waals surface area contributed by atoms with Crippen LogP contribution in [0.15, 0.2) is 42.5 Å². The van der Waals surface area contributed by atoms with Crippen LogP contribution in [0.5, 0.6) is 5.75 Å². The summed E-state index contributed by atoms with van der Waals surface area (Å²) < 4.78 is 5.67. The van der Waals surface area contributed by atoms with E-state index in [2.05, 4.69) is 6.07 Å². The SMILES string of the molecule is Cc1cc(C)cc(OCCN(C)C(=O)c2ccccc2[N+](=O)[O-])c1. The van der Waals surface area contributed by atoms with Crippen LogP contribution in [0.25, 0.3) is 0 Å². The predicted octanol–water partition coefficient (Wildman–Crippen LogP) is 3.36. The largest absolute Gasteiger partial charge is 0.492 e. The van der Waals surface area contributed by atoms with Crippen molar-refractivity contribution in [2.45, 2.75) is 13.8 Å². The van der Waals surface area contributed by atoms with Gasteiger partial charge in [0, 0.05) is 13.1 Å². The maximum atomic E-state index is 12.4. The quantitative estimate of drug-likeness (QED) is 0.602. The molecule has 0 aromatic heterocycles. The molecule has 0 heterocycles. The van der Waals surface area contributed by atoms with Crippen LogP contribution in [0.4, 0.5) is 5.69 Å². The zero-order valence-electron chi connectivity index (χ0n) is 14.0. The number of carbonyl (C=O) groups excluding carboxylic acids is 1. The minimum atomic E-state index is -0.549. The van der Waals surface area contributed by atoms with Crippen LogP contribution >= 0.6 is 0 Å². The highest BCUT2D eigenvalue weighted by atomic mass is 16.6. The maximum absolute atomic E-state index is 12.4. The number of likely N-dealkylation sites (N-methyl/N-ethyl adjacent to an activating group) is 1. The predicted molar refractivity (Wildman–Crippen MR) is 91.5 cm³/mol. The van der Waals surface area contributed by atoms with Crippen LogP contribution < -0.4 is 4.74 Å². The van der Waals surface area contributed by atoms with Gasteiger partial charge in [-0.05, 0) is 43.2 Å². The first-order valence-electron chi connectivity index (χ1n) is 7.58. The molecule has 0 aliphatic carbocycles. The van der Waals surface area contributed by atoms with Gasteiger partial charge in [0.1, 0.15) is 17.9 Å². The van der Waals surface area contributed by atoms with Gasteiger partial charge in [-0.25, -0.2) is 0 Å². The lowest BCUT2D eigenvalue weighted by Gasteiger charge is -2.17. The smallest absolute Gasteiger partial charge is 0.282 e. The molecule has 6 heteroatoms. The third-order valence-electron chi connectivity index (χ3n) is 3.57. The van der Waals surface area contributed by atoms with Gasteiger partial charge in [-0.1, -0.05) is 18.2 Å². The van der Waals surface area contributed by atoms with E-state index in [0.29, 0.717) is 13.2 Å². The van der Waals surface area contributed by atoms with Crippen molar-refractivity contribution >= 4 is 11.6 Å². The number of benzene rings is 2. The van der Waals surface area contributed by atoms with Gasteiger partial charge >= 0.3 is 0 Å². The number of nitro benzene ring substituents is 1. The van der Waals surface area contributed by atoms with Crippen LogP contribution in [0.2, 0.25) is 0 Å². The molecule has 0 aliphatic heterocycles. The van der Waals surface area contributed by atoms with E-state index in [-0.39, 0.29) is 11.3 Å². The topological polar surface area (TPSA) is 72.7 Å². The van der Waals surface area contributed by atoms with Crippen molar-refractivity contribution in [1.29, 1.82) is 0 Å². The van der Waals surface area contributed by atoms with Crippen molar-refractivity contribution in [3.63, 3.8) is 0 Å². The summed E-state index contributed by atoms with van der Waals surface area (Å²) in [6.45, 7) is 4.62. The summed E-state index contributed by atoms with van der Waals surface area (Å²) in [6, 6.07) is 11.8. The second kappa shape index (κ2) is 7.59. The fourth-order valence-corrected chi connectivity index (χ4v) is 2.44. The zero-order valence-corrected chi connectivity index (χ0v) is 14.0. The number of aryl methyl sites for hydroxylation is 2. The number of nitro groups is 1. The molecule has 0 aliphatic rings. The molecule has 0 saturated heterocycles. The monoisotopic (exact) mass is 328 g/mol. The number of carbonyl (C=O) groups is 1. The average molecular weight is 328 g/mol. The molecular formula is C18H20N2O4. The fourth-order valence-electron chi connectivity index (χ4n) is 2.44. The number of ether oxygens (including phenoxy) is 1. The first-order valence-corrected chi connectivity index (χ1v) is 7.58. The van der Waals surface area contributed by atoms with Gasteiger partial charge in [-0.3, -0.25) is 14.9 Å². The molecule has 1 amide bonds. The number of amides is 1. The van der Waals surface area contributed by atoms with Crippen molar-refractivity contribution in [2.75, 3.05) is 20.2 Å². The summed E-state index contributed by atoms with van der Waals surface area (Å²) in [4.78, 5) is 24.3. The zero-order chi connectivity index (χ0) is 17.7. The van der Waals surface area contributed by atoms with Crippen molar-refractivity contribution in [3.05, 3.63) is 69.3 Å². The Bertz CT molecular complexity index is 738. The van der Waals surface area contributed by atoms with Crippen molar-refractivity contribution in [2.24, 2.45) is 0 Å². The van der Waals surface area contributed by atoms with Crippen molar-refractivity contribution in [1.82, 2.24) is 4.90 Å². The van der Waals surface area contributed by atoms with Gasteiger partial charge in [-0.15, -0.1) is 0 Å². The number of para-hydroxylation sites is 1. The molecule has 24 heavy (non-hydrogen) atoms. The fraction of sp³-hybridized carbons (Fsp3) is 0.278. The molecule has 0 unspecified atom stereocenters. The van der Waals surface area contributed by atoms with Crippen molar-refractivity contribution < 1.29 is 14.5 Å². The van der Waals surface area contributed by atoms with Gasteiger partial charge in [-0.2, -0.15) is 0 Å². The van der Waals surface area contributed by atoms with Gasteiger partial charge in [0.15, 0.2) is 0 Å². The molecule has 0 spiro atoms. The summed E-state index contributed by atoms with van der Waals surface area (Å²) in [7, 11) is 1.60. The second-order valence-corrected chi connectivity index (χ2v) is 5.67. The molecule has 0 atom stereocenters. The number of hydrogen-bond donors (Lipinski definition) is 0. The van der Waals surface area contributed by atoms with Crippen LogP contribution in [-0.4, -0.2) is 35.9 Å². The molecule has 0 radical (unpaired) electrons. The maximum Gasteiger partial charge on any atom is 0.282 e. The van der Waals surface area contributed by atoms with Crippen LogP contribution in [-0.2, 0) is 0 Å². The van der Waals surface area contributed by atoms with E-state index in [1.807, 2.05) is 26.0 Å². The molecule has 2 aromatic rings. The summed E-state index contributed by atoms with van der Waals surface area (Å²) in [5, 5.41) is 11.0. The minimum Gasteiger partial charge on any atom is -0.492 e. The number of hydrogen-bond acceptors (Lipinski definition) is 4. The Balaban J connectivity index is 1.98. The van der Waals surface area contributed by atoms with E-state index in [0.717, 1.165) is 16.9 Å². The highest BCUT2D eigenvalue weighted by Gasteiger charge is 2.21.